The molecule has 0 saturated heterocycles. The lowest BCUT2D eigenvalue weighted by Crippen LogP contribution is -2.18. The molecule has 0 aliphatic rings. The second-order valence-corrected chi connectivity index (χ2v) is 6.25. The van der Waals surface area contributed by atoms with Gasteiger partial charge in [-0.25, -0.2) is 4.39 Å². The molecule has 0 fully saturated rings. The molecule has 0 spiro atoms. The molecule has 2 aromatic carbocycles. The van der Waals surface area contributed by atoms with Crippen LogP contribution in [-0.4, -0.2) is 7.05 Å². The van der Waals surface area contributed by atoms with E-state index in [2.05, 4.69) is 21.2 Å². The van der Waals surface area contributed by atoms with Crippen molar-refractivity contribution >= 4 is 27.5 Å². The van der Waals surface area contributed by atoms with Crippen molar-refractivity contribution in [2.75, 3.05) is 7.05 Å². The van der Waals surface area contributed by atoms with Crippen LogP contribution in [-0.2, 0) is 0 Å². The summed E-state index contributed by atoms with van der Waals surface area (Å²) in [5.41, 5.74) is 3.37. The van der Waals surface area contributed by atoms with Gasteiger partial charge in [-0.3, -0.25) is 0 Å². The summed E-state index contributed by atoms with van der Waals surface area (Å²) in [5, 5.41) is 3.93. The van der Waals surface area contributed by atoms with E-state index in [0.29, 0.717) is 16.1 Å². The van der Waals surface area contributed by atoms with Crippen molar-refractivity contribution in [3.63, 3.8) is 0 Å². The van der Waals surface area contributed by atoms with Crippen molar-refractivity contribution in [3.8, 4) is 0 Å². The molecule has 1 unspecified atom stereocenters. The molecule has 0 amide bonds. The van der Waals surface area contributed by atoms with Crippen molar-refractivity contribution < 1.29 is 4.39 Å². The molecule has 0 aliphatic carbocycles. The maximum absolute atomic E-state index is 13.8. The van der Waals surface area contributed by atoms with E-state index in [0.717, 1.165) is 15.6 Å². The number of benzene rings is 2. The minimum Gasteiger partial charge on any atom is -0.309 e. The van der Waals surface area contributed by atoms with Crippen LogP contribution in [0.5, 0.6) is 0 Å². The third-order valence-electron chi connectivity index (χ3n) is 3.30. The van der Waals surface area contributed by atoms with E-state index >= 15 is 0 Å². The Morgan fingerprint density at radius 3 is 2.10 bits per heavy atom. The SMILES string of the molecule is CNC(c1cc(Cl)cc(Br)c1)c1cc(C)c(F)c(C)c1. The van der Waals surface area contributed by atoms with Gasteiger partial charge >= 0.3 is 0 Å². The molecule has 106 valence electrons. The Morgan fingerprint density at radius 2 is 1.60 bits per heavy atom. The normalized spacial score (nSPS) is 12.5. The second kappa shape index (κ2) is 6.25. The van der Waals surface area contributed by atoms with Gasteiger partial charge in [0.05, 0.1) is 6.04 Å². The van der Waals surface area contributed by atoms with Gasteiger partial charge in [-0.1, -0.05) is 39.7 Å². The summed E-state index contributed by atoms with van der Waals surface area (Å²) in [7, 11) is 1.88. The molecule has 2 rings (SSSR count). The Hall–Kier alpha value is -0.900. The van der Waals surface area contributed by atoms with E-state index in [1.54, 1.807) is 13.8 Å². The molecular weight excluding hydrogens is 341 g/mol. The first-order valence-electron chi connectivity index (χ1n) is 6.32. The molecule has 1 N–H and O–H groups in total. The van der Waals surface area contributed by atoms with Crippen LogP contribution >= 0.6 is 27.5 Å². The molecule has 20 heavy (non-hydrogen) atoms. The van der Waals surface area contributed by atoms with Crippen LogP contribution in [0, 0.1) is 19.7 Å². The zero-order valence-electron chi connectivity index (χ0n) is 11.6. The standard InChI is InChI=1S/C16H16BrClFN/c1-9-4-11(5-10(2)15(9)19)16(20-3)12-6-13(17)8-14(18)7-12/h4-8,16,20H,1-3H3. The van der Waals surface area contributed by atoms with Crippen molar-refractivity contribution in [1.82, 2.24) is 5.32 Å². The Morgan fingerprint density at radius 1 is 1.05 bits per heavy atom. The largest absolute Gasteiger partial charge is 0.309 e. The third-order valence-corrected chi connectivity index (χ3v) is 3.98. The number of rotatable bonds is 3. The lowest BCUT2D eigenvalue weighted by molar-refractivity contribution is 0.604. The summed E-state index contributed by atoms with van der Waals surface area (Å²) < 4.78 is 14.7. The van der Waals surface area contributed by atoms with Crippen LogP contribution in [0.25, 0.3) is 0 Å². The summed E-state index contributed by atoms with van der Waals surface area (Å²) in [4.78, 5) is 0. The minimum absolute atomic E-state index is 0.0250. The number of hydrogen-bond donors (Lipinski definition) is 1. The van der Waals surface area contributed by atoms with E-state index in [1.807, 2.05) is 37.4 Å². The van der Waals surface area contributed by atoms with Crippen LogP contribution in [0.4, 0.5) is 4.39 Å². The van der Waals surface area contributed by atoms with E-state index in [9.17, 15) is 4.39 Å². The fourth-order valence-electron chi connectivity index (χ4n) is 2.41. The Labute approximate surface area is 132 Å². The summed E-state index contributed by atoms with van der Waals surface area (Å²) in [5.74, 6) is -0.143. The summed E-state index contributed by atoms with van der Waals surface area (Å²) in [6.07, 6.45) is 0. The fourth-order valence-corrected chi connectivity index (χ4v) is 3.30. The molecule has 4 heteroatoms. The highest BCUT2D eigenvalue weighted by atomic mass is 79.9. The number of halogens is 3. The highest BCUT2D eigenvalue weighted by Crippen LogP contribution is 2.29. The van der Waals surface area contributed by atoms with Gasteiger partial charge < -0.3 is 5.32 Å². The molecule has 0 heterocycles. The van der Waals surface area contributed by atoms with Gasteiger partial charge in [-0.15, -0.1) is 0 Å². The molecular formula is C16H16BrClFN. The highest BCUT2D eigenvalue weighted by molar-refractivity contribution is 9.10. The van der Waals surface area contributed by atoms with Gasteiger partial charge in [0.1, 0.15) is 5.82 Å². The van der Waals surface area contributed by atoms with Crippen LogP contribution in [0.2, 0.25) is 5.02 Å². The highest BCUT2D eigenvalue weighted by Gasteiger charge is 2.15. The smallest absolute Gasteiger partial charge is 0.129 e. The monoisotopic (exact) mass is 355 g/mol. The molecule has 0 saturated carbocycles. The topological polar surface area (TPSA) is 12.0 Å². The Kier molecular flexibility index (Phi) is 4.84. The van der Waals surface area contributed by atoms with E-state index in [1.165, 1.54) is 0 Å². The van der Waals surface area contributed by atoms with Crippen molar-refractivity contribution in [1.29, 1.82) is 0 Å². The van der Waals surface area contributed by atoms with Crippen molar-refractivity contribution in [2.45, 2.75) is 19.9 Å². The maximum Gasteiger partial charge on any atom is 0.129 e. The number of nitrogens with one attached hydrogen (secondary N) is 1. The first-order chi connectivity index (χ1) is 9.42. The fraction of sp³-hybridized carbons (Fsp3) is 0.250. The van der Waals surface area contributed by atoms with E-state index < -0.39 is 0 Å². The molecule has 2 aromatic rings. The molecule has 0 aliphatic heterocycles. The summed E-state index contributed by atoms with van der Waals surface area (Å²) in [6.45, 7) is 3.57. The van der Waals surface area contributed by atoms with Gasteiger partial charge in [-0.2, -0.15) is 0 Å². The lowest BCUT2D eigenvalue weighted by Gasteiger charge is -2.19. The minimum atomic E-state index is -0.143. The second-order valence-electron chi connectivity index (χ2n) is 4.89. The Balaban J connectivity index is 2.52. The third kappa shape index (κ3) is 3.22. The van der Waals surface area contributed by atoms with Crippen LogP contribution in [0.15, 0.2) is 34.8 Å². The molecule has 0 radical (unpaired) electrons. The average molecular weight is 357 g/mol. The zero-order valence-corrected chi connectivity index (χ0v) is 13.9. The average Bonchev–Trinajstić information content (AvgIpc) is 2.35. The molecule has 0 aromatic heterocycles. The number of hydrogen-bond acceptors (Lipinski definition) is 1. The lowest BCUT2D eigenvalue weighted by atomic mass is 9.95. The van der Waals surface area contributed by atoms with Crippen molar-refractivity contribution in [2.24, 2.45) is 0 Å². The molecule has 1 nitrogen and oxygen atoms in total. The van der Waals surface area contributed by atoms with Gasteiger partial charge in [0.15, 0.2) is 0 Å². The summed E-state index contributed by atoms with van der Waals surface area (Å²) >= 11 is 9.56. The van der Waals surface area contributed by atoms with Gasteiger partial charge in [-0.05, 0) is 61.3 Å². The van der Waals surface area contributed by atoms with Crippen LogP contribution in [0.3, 0.4) is 0 Å². The zero-order chi connectivity index (χ0) is 14.9. The van der Waals surface area contributed by atoms with Gasteiger partial charge in [0.25, 0.3) is 0 Å². The Bertz CT molecular complexity index is 599. The summed E-state index contributed by atoms with van der Waals surface area (Å²) in [6, 6.07) is 9.50. The van der Waals surface area contributed by atoms with Crippen LogP contribution < -0.4 is 5.32 Å². The van der Waals surface area contributed by atoms with Gasteiger partial charge in [0, 0.05) is 9.50 Å². The maximum atomic E-state index is 13.8. The quantitative estimate of drug-likeness (QED) is 0.800. The predicted molar refractivity (Wildman–Crippen MR) is 85.9 cm³/mol. The first-order valence-corrected chi connectivity index (χ1v) is 7.49. The van der Waals surface area contributed by atoms with Crippen molar-refractivity contribution in [3.05, 3.63) is 67.9 Å². The van der Waals surface area contributed by atoms with Crippen LogP contribution in [0.1, 0.15) is 28.3 Å². The van der Waals surface area contributed by atoms with Gasteiger partial charge in [0.2, 0.25) is 0 Å². The predicted octanol–water partition coefficient (Wildman–Crippen LogP) is 5.17. The molecule has 0 bridgehead atoms. The van der Waals surface area contributed by atoms with E-state index in [4.69, 9.17) is 11.6 Å². The first kappa shape index (κ1) is 15.5. The molecule has 1 atom stereocenters. The van der Waals surface area contributed by atoms with E-state index in [-0.39, 0.29) is 11.9 Å². The number of aryl methyl sites for hydroxylation is 2.